The van der Waals surface area contributed by atoms with E-state index in [1.165, 1.54) is 18.7 Å². The molecule has 0 atom stereocenters. The van der Waals surface area contributed by atoms with Crippen molar-refractivity contribution < 1.29 is 13.9 Å². The molecule has 4 aromatic heterocycles. The molecule has 1 aliphatic heterocycles. The minimum atomic E-state index is -0.465. The van der Waals surface area contributed by atoms with Gasteiger partial charge in [0.05, 0.1) is 16.7 Å². The molecule has 1 spiro atoms. The van der Waals surface area contributed by atoms with Crippen LogP contribution in [0.15, 0.2) is 67.9 Å². The highest BCUT2D eigenvalue weighted by molar-refractivity contribution is 5.89. The van der Waals surface area contributed by atoms with Crippen LogP contribution in [-0.4, -0.2) is 65.5 Å². The van der Waals surface area contributed by atoms with Crippen molar-refractivity contribution in [2.24, 2.45) is 0 Å². The molecular weight excluding hydrogens is 525 g/mol. The molecule has 1 aromatic carbocycles. The lowest BCUT2D eigenvalue weighted by atomic mass is 10.1. The molecule has 12 heteroatoms. The fourth-order valence-corrected chi connectivity index (χ4v) is 5.39. The maximum absolute atomic E-state index is 15.6. The van der Waals surface area contributed by atoms with Crippen LogP contribution in [0, 0.1) is 12.7 Å². The fraction of sp³-hybridized carbons (Fsp3) is 0.241. The van der Waals surface area contributed by atoms with Crippen molar-refractivity contribution in [1.29, 1.82) is 0 Å². The standard InChI is InChI=1S/C29H26FN9O2/c1-3-25(40)38-13-12-37(15-29(38)9-10-29)23-7-5-21-27(36-23)28(33-16-31-21)35-20-4-6-22(18(2)26(20)30)41-19-8-11-39-24(14-19)32-17-34-39/h3-8,11,14,16-17H,1,9-10,12-13,15H2,2H3,(H,31,33,35). The van der Waals surface area contributed by atoms with Crippen LogP contribution in [0.1, 0.15) is 18.4 Å². The van der Waals surface area contributed by atoms with E-state index < -0.39 is 5.82 Å². The Morgan fingerprint density at radius 2 is 2.00 bits per heavy atom. The molecule has 0 unspecified atom stereocenters. The Bertz CT molecular complexity index is 1830. The summed E-state index contributed by atoms with van der Waals surface area (Å²) in [4.78, 5) is 34.2. The van der Waals surface area contributed by atoms with Gasteiger partial charge < -0.3 is 19.9 Å². The monoisotopic (exact) mass is 551 g/mol. The number of hydrogen-bond acceptors (Lipinski definition) is 9. The molecule has 1 saturated heterocycles. The Labute approximate surface area is 234 Å². The average molecular weight is 552 g/mol. The molecule has 1 aliphatic carbocycles. The SMILES string of the molecule is C=CC(=O)N1CCN(c2ccc3ncnc(Nc4ccc(Oc5ccn6ncnc6c5)c(C)c4F)c3n2)CC12CC2. The number of ether oxygens (including phenoxy) is 1. The molecule has 1 saturated carbocycles. The van der Waals surface area contributed by atoms with Crippen molar-refractivity contribution in [2.45, 2.75) is 25.3 Å². The summed E-state index contributed by atoms with van der Waals surface area (Å²) < 4.78 is 23.1. The zero-order valence-electron chi connectivity index (χ0n) is 22.3. The molecule has 41 heavy (non-hydrogen) atoms. The Kier molecular flexibility index (Phi) is 5.77. The van der Waals surface area contributed by atoms with Crippen molar-refractivity contribution in [3.8, 4) is 11.5 Å². The first-order valence-corrected chi connectivity index (χ1v) is 13.3. The summed E-state index contributed by atoms with van der Waals surface area (Å²) in [5, 5.41) is 7.18. The van der Waals surface area contributed by atoms with E-state index in [0.29, 0.717) is 59.2 Å². The molecule has 2 aliphatic rings. The van der Waals surface area contributed by atoms with E-state index in [9.17, 15) is 4.79 Å². The second-order valence-corrected chi connectivity index (χ2v) is 10.3. The van der Waals surface area contributed by atoms with E-state index in [1.54, 1.807) is 41.9 Å². The van der Waals surface area contributed by atoms with Crippen molar-refractivity contribution in [1.82, 2.24) is 34.4 Å². The van der Waals surface area contributed by atoms with Gasteiger partial charge in [0.1, 0.15) is 35.5 Å². The van der Waals surface area contributed by atoms with Gasteiger partial charge in [0.2, 0.25) is 5.91 Å². The third-order valence-corrected chi connectivity index (χ3v) is 7.78. The Morgan fingerprint density at radius 3 is 2.83 bits per heavy atom. The smallest absolute Gasteiger partial charge is 0.246 e. The molecule has 7 rings (SSSR count). The van der Waals surface area contributed by atoms with E-state index in [1.807, 2.05) is 17.0 Å². The van der Waals surface area contributed by atoms with Crippen LogP contribution in [0.2, 0.25) is 0 Å². The van der Waals surface area contributed by atoms with Crippen LogP contribution in [0.3, 0.4) is 0 Å². The van der Waals surface area contributed by atoms with E-state index in [4.69, 9.17) is 9.72 Å². The molecule has 0 bridgehead atoms. The van der Waals surface area contributed by atoms with Gasteiger partial charge >= 0.3 is 0 Å². The van der Waals surface area contributed by atoms with Gasteiger partial charge in [-0.2, -0.15) is 5.10 Å². The third-order valence-electron chi connectivity index (χ3n) is 7.78. The number of pyridine rings is 2. The number of benzene rings is 1. The topological polar surface area (TPSA) is 114 Å². The van der Waals surface area contributed by atoms with Gasteiger partial charge in [0.25, 0.3) is 0 Å². The first-order valence-electron chi connectivity index (χ1n) is 13.3. The molecule has 5 aromatic rings. The number of halogens is 1. The quantitative estimate of drug-likeness (QED) is 0.306. The molecule has 2 fully saturated rings. The Balaban J connectivity index is 1.15. The van der Waals surface area contributed by atoms with Gasteiger partial charge in [-0.15, -0.1) is 0 Å². The fourth-order valence-electron chi connectivity index (χ4n) is 5.39. The summed E-state index contributed by atoms with van der Waals surface area (Å²) in [6, 6.07) is 10.6. The maximum atomic E-state index is 15.6. The number of nitrogens with one attached hydrogen (secondary N) is 1. The van der Waals surface area contributed by atoms with Crippen molar-refractivity contribution in [2.75, 3.05) is 29.9 Å². The number of aromatic nitrogens is 6. The number of rotatable bonds is 6. The highest BCUT2D eigenvalue weighted by Gasteiger charge is 2.52. The maximum Gasteiger partial charge on any atom is 0.246 e. The third kappa shape index (κ3) is 4.37. The van der Waals surface area contributed by atoms with Gasteiger partial charge in [0.15, 0.2) is 17.3 Å². The van der Waals surface area contributed by atoms with Crippen LogP contribution in [0.5, 0.6) is 11.5 Å². The normalized spacial score (nSPS) is 15.9. The van der Waals surface area contributed by atoms with Gasteiger partial charge in [-0.05, 0) is 56.2 Å². The van der Waals surface area contributed by atoms with Crippen LogP contribution < -0.4 is 15.0 Å². The van der Waals surface area contributed by atoms with Gasteiger partial charge in [0, 0.05) is 37.5 Å². The number of amides is 1. The van der Waals surface area contributed by atoms with Gasteiger partial charge in [-0.25, -0.2) is 28.8 Å². The number of carbonyl (C=O) groups excluding carboxylic acids is 1. The van der Waals surface area contributed by atoms with Crippen LogP contribution in [0.4, 0.5) is 21.7 Å². The summed E-state index contributed by atoms with van der Waals surface area (Å²) >= 11 is 0. The number of fused-ring (bicyclic) bond motifs is 2. The number of hydrogen-bond donors (Lipinski definition) is 1. The summed E-state index contributed by atoms with van der Waals surface area (Å²) in [5.41, 5.74) is 2.20. The lowest BCUT2D eigenvalue weighted by molar-refractivity contribution is -0.129. The first-order chi connectivity index (χ1) is 19.9. The predicted molar refractivity (Wildman–Crippen MR) is 151 cm³/mol. The molecular formula is C29H26FN9O2. The van der Waals surface area contributed by atoms with E-state index in [-0.39, 0.29) is 17.1 Å². The minimum Gasteiger partial charge on any atom is -0.457 e. The number of piperazine rings is 1. The molecule has 0 radical (unpaired) electrons. The van der Waals surface area contributed by atoms with E-state index in [2.05, 4.69) is 36.8 Å². The van der Waals surface area contributed by atoms with E-state index >= 15 is 4.39 Å². The zero-order valence-corrected chi connectivity index (χ0v) is 22.3. The molecule has 11 nitrogen and oxygen atoms in total. The van der Waals surface area contributed by atoms with Crippen LogP contribution in [0.25, 0.3) is 16.7 Å². The number of carbonyl (C=O) groups is 1. The highest BCUT2D eigenvalue weighted by Crippen LogP contribution is 2.45. The predicted octanol–water partition coefficient (Wildman–Crippen LogP) is 4.42. The first kappa shape index (κ1) is 24.9. The molecule has 206 valence electrons. The minimum absolute atomic E-state index is 0.0290. The number of anilines is 3. The van der Waals surface area contributed by atoms with Crippen molar-refractivity contribution >= 4 is 39.9 Å². The summed E-state index contributed by atoms with van der Waals surface area (Å²) in [6.07, 6.45) is 7.91. The second kappa shape index (κ2) is 9.51. The average Bonchev–Trinajstić information content (AvgIpc) is 3.59. The van der Waals surface area contributed by atoms with Crippen LogP contribution in [-0.2, 0) is 4.79 Å². The number of nitrogens with zero attached hydrogens (tertiary/aromatic N) is 8. The lowest BCUT2D eigenvalue weighted by Gasteiger charge is -2.42. The van der Waals surface area contributed by atoms with Crippen molar-refractivity contribution in [3.63, 3.8) is 0 Å². The summed E-state index contributed by atoms with van der Waals surface area (Å²) in [6.45, 7) is 7.26. The van der Waals surface area contributed by atoms with Gasteiger partial charge in [-0.1, -0.05) is 6.58 Å². The second-order valence-electron chi connectivity index (χ2n) is 10.3. The van der Waals surface area contributed by atoms with Crippen molar-refractivity contribution in [3.05, 3.63) is 79.3 Å². The van der Waals surface area contributed by atoms with Crippen LogP contribution >= 0.6 is 0 Å². The largest absolute Gasteiger partial charge is 0.457 e. The summed E-state index contributed by atoms with van der Waals surface area (Å²) in [5.74, 6) is 1.56. The zero-order chi connectivity index (χ0) is 28.1. The highest BCUT2D eigenvalue weighted by atomic mass is 19.1. The molecule has 1 N–H and O–H groups in total. The van der Waals surface area contributed by atoms with E-state index in [0.717, 1.165) is 18.7 Å². The summed E-state index contributed by atoms with van der Waals surface area (Å²) in [7, 11) is 0. The Morgan fingerprint density at radius 1 is 1.12 bits per heavy atom. The van der Waals surface area contributed by atoms with Gasteiger partial charge in [-0.3, -0.25) is 4.79 Å². The lowest BCUT2D eigenvalue weighted by Crippen LogP contribution is -2.57. The Hall–Kier alpha value is -5.13. The molecule has 1 amide bonds. The molecule has 5 heterocycles.